The molecule has 0 atom stereocenters. The Kier molecular flexibility index (Phi) is 32.0. The fourth-order valence-corrected chi connectivity index (χ4v) is 11.4. The number of fused-ring (bicyclic) bond motifs is 3. The molecule has 0 saturated carbocycles. The summed E-state index contributed by atoms with van der Waals surface area (Å²) in [5, 5.41) is 44.1. The number of ether oxygens (including phenoxy) is 7. The smallest absolute Gasteiger partial charge is 0.857 e. The third kappa shape index (κ3) is 23.3. The van der Waals surface area contributed by atoms with Gasteiger partial charge in [0.2, 0.25) is 16.3 Å². The van der Waals surface area contributed by atoms with Gasteiger partial charge >= 0.3 is 60.0 Å². The van der Waals surface area contributed by atoms with Crippen LogP contribution in [0.2, 0.25) is 0 Å². The second-order valence-corrected chi connectivity index (χ2v) is 30.2. The minimum atomic E-state index is -1.21. The quantitative estimate of drug-likeness (QED) is 0.0143. The van der Waals surface area contributed by atoms with E-state index in [-0.39, 0.29) is 99.6 Å². The number of hydrogen-bond acceptors (Lipinski definition) is 21. The van der Waals surface area contributed by atoms with Crippen LogP contribution in [-0.2, 0) is 61.0 Å². The van der Waals surface area contributed by atoms with Gasteiger partial charge in [0.25, 0.3) is 11.8 Å². The molecule has 0 aliphatic heterocycles. The number of pyridine rings is 3. The number of hydrogen-bond donors (Lipinski definition) is 9. The topological polar surface area (TPSA) is 417 Å². The second kappa shape index (κ2) is 38.5. The van der Waals surface area contributed by atoms with Crippen LogP contribution in [0.15, 0.2) is 142 Å². The molecule has 3 heterocycles. The van der Waals surface area contributed by atoms with Crippen LogP contribution >= 0.6 is 0 Å². The first-order valence-corrected chi connectivity index (χ1v) is 34.4. The number of para-hydroxylation sites is 3. The number of nitrogens with one attached hydrogen (secondary N) is 5. The zero-order chi connectivity index (χ0) is 82.1. The van der Waals surface area contributed by atoms with Gasteiger partial charge in [-0.2, -0.15) is 7.11 Å². The fourth-order valence-electron chi connectivity index (χ4n) is 11.4. The van der Waals surface area contributed by atoms with Gasteiger partial charge in [-0.15, -0.1) is 0 Å². The van der Waals surface area contributed by atoms with E-state index in [2.05, 4.69) is 60.6 Å². The predicted molar refractivity (Wildman–Crippen MR) is 416 cm³/mol. The molecule has 9 rings (SSSR count). The van der Waals surface area contributed by atoms with Crippen LogP contribution < -0.4 is 76.8 Å². The Morgan fingerprint density at radius 3 is 1.22 bits per heavy atom. The number of rotatable bonds is 16. The molecule has 0 unspecified atom stereocenters. The molecule has 9 aromatic rings. The van der Waals surface area contributed by atoms with Crippen LogP contribution in [0.1, 0.15) is 181 Å². The molecule has 0 aliphatic carbocycles. The summed E-state index contributed by atoms with van der Waals surface area (Å²) < 4.78 is 34.5. The summed E-state index contributed by atoms with van der Waals surface area (Å²) in [6.07, 6.45) is 2.14. The largest absolute Gasteiger partial charge is 1.00 e. The number of carbonyl (C=O) groups excluding carboxylic acids is 6. The van der Waals surface area contributed by atoms with Crippen molar-refractivity contribution >= 4 is 92.0 Å². The van der Waals surface area contributed by atoms with Crippen molar-refractivity contribution < 1.29 is 117 Å². The maximum absolute atomic E-state index is 13.3. The van der Waals surface area contributed by atoms with E-state index in [0.717, 1.165) is 23.8 Å². The minimum Gasteiger partial charge on any atom is -0.857 e. The van der Waals surface area contributed by atoms with Crippen molar-refractivity contribution in [2.24, 2.45) is 0 Å². The SMILES string of the molecule is CC(C)(C)c1cc(C(C)(C)CO)c(O)cc1NC(=O)c1c[nH]c2ccccc2c1=O.COC(=O)CCC(C)(C)c1cc(C(C)(C)C)c(N)cc1OC(=O)OC.COC(=O)OCC(C)(C)c1cc(C(C)(C)C)c(NC(=O)c2c[nH]c3ccccc3c2=O)cc1OC(=O)OC.C[O-].O=C(O)c1c[nH]c2ccccc2c1=O.[Na+]. The van der Waals surface area contributed by atoms with Crippen LogP contribution in [0.3, 0.4) is 0 Å². The van der Waals surface area contributed by atoms with E-state index >= 15 is 0 Å². The number of phenolic OH excluding ortho intramolecular Hbond substituents is 1. The maximum Gasteiger partial charge on any atom is 1.00 e. The summed E-state index contributed by atoms with van der Waals surface area (Å²) >= 11 is 0. The number of aliphatic hydroxyl groups is 1. The van der Waals surface area contributed by atoms with Gasteiger partial charge < -0.3 is 84.9 Å². The number of aromatic hydroxyl groups is 1. The summed E-state index contributed by atoms with van der Waals surface area (Å²) in [6.45, 7) is 29.0. The monoisotopic (exact) mass is 1530 g/mol. The standard InChI is InChI=1S/C28H32N2O8.C24H28N2O4.C19H29NO5.C10H7NO3.CH3O.Na/c1-27(2,3)18-12-19(28(4,5)15-37-25(33)35-6)22(38-26(34)36-7)13-21(18)30-24(32)17-14-29-20-11-9-8-10-16(20)23(17)31;1-23(2,3)16-10-17(24(4,5)13-27)20(28)11-19(16)26-22(30)15-12-25-18-9-7-6-8-14(18)21(15)29;1-18(2,3)12-10-13(19(4,5)9-8-16(21)23-6)15(11-14(12)20)25-17(22)24-7;12-9-6-3-1-2-4-8(6)11-5-7(9)10(13)14;1-2;/h8-14H,15H2,1-7H3,(H,29,31)(H,30,32);6-12,27-28H,13H2,1-5H3,(H,25,29)(H,26,30);10-11H,8-9,20H2,1-7H3;1-5H,(H,11,12)(H,13,14);1H3;/q;;;;-1;+1. The van der Waals surface area contributed by atoms with Gasteiger partial charge in [0.05, 0.1) is 35.0 Å². The fraction of sp³-hybridized carbons (Fsp3) is 0.366. The molecule has 584 valence electrons. The molecule has 28 heteroatoms. The summed E-state index contributed by atoms with van der Waals surface area (Å²) in [5.41, 5.74) is 9.24. The van der Waals surface area contributed by atoms with Gasteiger partial charge in [-0.3, -0.25) is 28.8 Å². The molecule has 2 amide bonds. The van der Waals surface area contributed by atoms with E-state index in [9.17, 15) is 58.2 Å². The van der Waals surface area contributed by atoms with Gasteiger partial charge in [0.1, 0.15) is 40.5 Å². The predicted octanol–water partition coefficient (Wildman–Crippen LogP) is 10.5. The van der Waals surface area contributed by atoms with Gasteiger partial charge in [-0.05, 0) is 99.4 Å². The molecule has 0 aliphatic rings. The number of nitrogen functional groups attached to an aromatic ring is 1. The number of carboxylic acid groups (broad SMARTS) is 1. The number of aromatic nitrogens is 3. The molecular weight excluding hydrogens is 1430 g/mol. The first-order valence-electron chi connectivity index (χ1n) is 34.4. The van der Waals surface area contributed by atoms with E-state index in [0.29, 0.717) is 78.6 Å². The molecule has 27 nitrogen and oxygen atoms in total. The number of carbonyl (C=O) groups is 7. The van der Waals surface area contributed by atoms with Crippen molar-refractivity contribution in [3.8, 4) is 17.2 Å². The van der Waals surface area contributed by atoms with E-state index in [1.165, 1.54) is 59.2 Å². The number of benzene rings is 6. The van der Waals surface area contributed by atoms with E-state index in [4.69, 9.17) is 34.9 Å². The van der Waals surface area contributed by atoms with Crippen molar-refractivity contribution in [3.05, 3.63) is 209 Å². The van der Waals surface area contributed by atoms with E-state index in [1.807, 2.05) is 87.4 Å². The Labute approximate surface area is 659 Å². The number of amides is 2. The number of phenols is 1. The third-order valence-corrected chi connectivity index (χ3v) is 17.6. The molecule has 110 heavy (non-hydrogen) atoms. The molecule has 3 aromatic heterocycles. The molecular formula is C82H99N6NaO21. The molecule has 6 aromatic carbocycles. The molecule has 0 radical (unpaired) electrons. The number of nitrogens with two attached hydrogens (primary N) is 1. The summed E-state index contributed by atoms with van der Waals surface area (Å²) in [5.74, 6) is -2.27. The molecule has 0 fully saturated rings. The van der Waals surface area contributed by atoms with Crippen molar-refractivity contribution in [1.29, 1.82) is 0 Å². The zero-order valence-corrected chi connectivity index (χ0v) is 68.2. The van der Waals surface area contributed by atoms with Crippen molar-refractivity contribution in [2.75, 3.05) is 65.1 Å². The molecule has 0 saturated heterocycles. The summed E-state index contributed by atoms with van der Waals surface area (Å²) in [4.78, 5) is 130. The zero-order valence-electron chi connectivity index (χ0n) is 66.2. The van der Waals surface area contributed by atoms with Crippen molar-refractivity contribution in [1.82, 2.24) is 15.0 Å². The number of aromatic amines is 3. The molecule has 0 bridgehead atoms. The van der Waals surface area contributed by atoms with Crippen molar-refractivity contribution in [3.63, 3.8) is 0 Å². The Morgan fingerprint density at radius 1 is 0.464 bits per heavy atom. The van der Waals surface area contributed by atoms with Crippen molar-refractivity contribution in [2.45, 2.75) is 149 Å². The minimum absolute atomic E-state index is 0. The summed E-state index contributed by atoms with van der Waals surface area (Å²) in [6, 6.07) is 30.9. The average molecular weight is 1530 g/mol. The van der Waals surface area contributed by atoms with Gasteiger partial charge in [0, 0.05) is 121 Å². The van der Waals surface area contributed by atoms with Gasteiger partial charge in [-0.1, -0.05) is 140 Å². The molecule has 0 spiro atoms. The van der Waals surface area contributed by atoms with Gasteiger partial charge in [0.15, 0.2) is 0 Å². The van der Waals surface area contributed by atoms with Crippen LogP contribution in [0.25, 0.3) is 32.7 Å². The Hall–Kier alpha value is -10.8. The second-order valence-electron chi connectivity index (χ2n) is 30.2. The summed E-state index contributed by atoms with van der Waals surface area (Å²) in [7, 11) is 5.74. The average Bonchev–Trinajstić information content (AvgIpc) is 0.782. The molecule has 10 N–H and O–H groups in total. The number of esters is 1. The van der Waals surface area contributed by atoms with Crippen LogP contribution in [0.5, 0.6) is 17.2 Å². The number of methoxy groups -OCH3 is 4. The maximum atomic E-state index is 13.3. The van der Waals surface area contributed by atoms with Crippen LogP contribution in [-0.4, -0.2) is 121 Å². The Morgan fingerprint density at radius 2 is 0.827 bits per heavy atom. The third-order valence-electron chi connectivity index (χ3n) is 17.6. The number of H-pyrrole nitrogens is 3. The number of carboxylic acids is 1. The number of anilines is 3. The number of aliphatic hydroxyl groups excluding tert-OH is 1. The Bertz CT molecular complexity index is 5020. The van der Waals surface area contributed by atoms with E-state index < -0.39 is 68.8 Å². The first kappa shape index (κ1) is 91.5. The normalized spacial score (nSPS) is 11.4. The first-order chi connectivity index (χ1) is 50.8. The van der Waals surface area contributed by atoms with Gasteiger partial charge in [-0.25, -0.2) is 19.2 Å². The number of aromatic carboxylic acids is 1. The van der Waals surface area contributed by atoms with Crippen LogP contribution in [0, 0.1) is 0 Å². The van der Waals surface area contributed by atoms with Crippen LogP contribution in [0.4, 0.5) is 31.4 Å². The Balaban J connectivity index is 0.000000320. The van der Waals surface area contributed by atoms with E-state index in [1.54, 1.807) is 92.7 Å².